The van der Waals surface area contributed by atoms with E-state index in [-0.39, 0.29) is 5.82 Å². The maximum atomic E-state index is 13.4. The van der Waals surface area contributed by atoms with Crippen molar-refractivity contribution in [2.75, 3.05) is 6.54 Å². The van der Waals surface area contributed by atoms with Crippen molar-refractivity contribution in [2.45, 2.75) is 12.0 Å². The van der Waals surface area contributed by atoms with Crippen molar-refractivity contribution in [2.24, 2.45) is 5.73 Å². The lowest BCUT2D eigenvalue weighted by Crippen LogP contribution is -2.31. The molecule has 1 aromatic carbocycles. The minimum Gasteiger partial charge on any atom is -0.366 e. The number of benzene rings is 1. The maximum Gasteiger partial charge on any atom is 0.251 e. The molecule has 0 radical (unpaired) electrons. The summed E-state index contributed by atoms with van der Waals surface area (Å²) in [5.74, 6) is -0.921. The van der Waals surface area contributed by atoms with E-state index in [2.05, 4.69) is 5.32 Å². The second-order valence-corrected chi connectivity index (χ2v) is 5.12. The Bertz CT molecular complexity index is 683. The lowest BCUT2D eigenvalue weighted by Gasteiger charge is -2.22. The van der Waals surface area contributed by atoms with Crippen LogP contribution in [0.1, 0.15) is 21.6 Å². The van der Waals surface area contributed by atoms with Gasteiger partial charge >= 0.3 is 0 Å². The molecule has 1 amide bonds. The number of hydrogen-bond donors (Lipinski definition) is 2. The number of rotatable bonds is 2. The monoisotopic (exact) mass is 293 g/mol. The molecule has 2 aromatic rings. The van der Waals surface area contributed by atoms with Gasteiger partial charge in [0.1, 0.15) is 11.3 Å². The summed E-state index contributed by atoms with van der Waals surface area (Å²) < 4.78 is 15.3. The first kappa shape index (κ1) is 13.1. The highest BCUT2D eigenvalue weighted by atomic mass is 35.5. The van der Waals surface area contributed by atoms with Gasteiger partial charge in [0.15, 0.2) is 0 Å². The highest BCUT2D eigenvalue weighted by Gasteiger charge is 2.28. The minimum atomic E-state index is -0.563. The minimum absolute atomic E-state index is 0.350. The number of amides is 1. The lowest BCUT2D eigenvalue weighted by atomic mass is 10.0. The number of hydrogen-bond acceptors (Lipinski definition) is 2. The number of halogens is 2. The van der Waals surface area contributed by atoms with Gasteiger partial charge in [0, 0.05) is 24.8 Å². The number of fused-ring (bicyclic) bond motifs is 1. The predicted molar refractivity (Wildman–Crippen MR) is 74.9 cm³/mol. The normalized spacial score (nSPS) is 17.8. The Morgan fingerprint density at radius 3 is 3.00 bits per heavy atom. The van der Waals surface area contributed by atoms with Gasteiger partial charge in [0.05, 0.1) is 11.3 Å². The van der Waals surface area contributed by atoms with Gasteiger partial charge in [-0.1, -0.05) is 23.7 Å². The number of primary amides is 1. The second kappa shape index (κ2) is 4.92. The van der Waals surface area contributed by atoms with Crippen LogP contribution in [-0.2, 0) is 6.54 Å². The van der Waals surface area contributed by atoms with Crippen LogP contribution < -0.4 is 11.1 Å². The Labute approximate surface area is 120 Å². The van der Waals surface area contributed by atoms with E-state index in [1.54, 1.807) is 18.3 Å². The van der Waals surface area contributed by atoms with Gasteiger partial charge in [-0.15, -0.1) is 0 Å². The molecular weight excluding hydrogens is 281 g/mol. The van der Waals surface area contributed by atoms with E-state index < -0.39 is 11.4 Å². The third kappa shape index (κ3) is 2.09. The molecule has 0 fully saturated rings. The molecule has 20 heavy (non-hydrogen) atoms. The molecule has 1 aliphatic heterocycles. The number of nitrogens with zero attached hydrogens (tertiary/aromatic N) is 1. The maximum absolute atomic E-state index is 13.4. The summed E-state index contributed by atoms with van der Waals surface area (Å²) in [4.78, 5) is 11.8. The molecule has 0 aliphatic carbocycles. The molecule has 3 N–H and O–H groups in total. The van der Waals surface area contributed by atoms with Crippen molar-refractivity contribution in [3.63, 3.8) is 0 Å². The largest absolute Gasteiger partial charge is 0.366 e. The van der Waals surface area contributed by atoms with E-state index in [0.29, 0.717) is 35.5 Å². The summed E-state index contributed by atoms with van der Waals surface area (Å²) >= 11 is 6.21. The standard InChI is InChI=1S/C14H13ClFN3O/c15-13-12-11(14(17)20)10(7-19(12)5-4-18-13)8-2-1-3-9(16)6-8/h1-3,6-7,13,18H,4-5H2,(H2,17,20). The predicted octanol–water partition coefficient (Wildman–Crippen LogP) is 2.23. The molecule has 0 spiro atoms. The highest BCUT2D eigenvalue weighted by Crippen LogP contribution is 2.34. The fourth-order valence-corrected chi connectivity index (χ4v) is 2.91. The van der Waals surface area contributed by atoms with E-state index in [1.165, 1.54) is 12.1 Å². The van der Waals surface area contributed by atoms with Crippen molar-refractivity contribution in [3.8, 4) is 11.1 Å². The molecule has 0 saturated heterocycles. The topological polar surface area (TPSA) is 60.1 Å². The van der Waals surface area contributed by atoms with Gasteiger partial charge < -0.3 is 10.3 Å². The van der Waals surface area contributed by atoms with Crippen molar-refractivity contribution >= 4 is 17.5 Å². The molecular formula is C14H13ClFN3O. The zero-order valence-electron chi connectivity index (χ0n) is 10.6. The van der Waals surface area contributed by atoms with Crippen molar-refractivity contribution < 1.29 is 9.18 Å². The Morgan fingerprint density at radius 2 is 2.30 bits per heavy atom. The van der Waals surface area contributed by atoms with Gasteiger partial charge in [0.2, 0.25) is 0 Å². The molecule has 1 atom stereocenters. The number of carbonyl (C=O) groups is 1. The van der Waals surface area contributed by atoms with E-state index >= 15 is 0 Å². The van der Waals surface area contributed by atoms with Gasteiger partial charge in [-0.05, 0) is 17.7 Å². The average Bonchev–Trinajstić information content (AvgIpc) is 2.79. The summed E-state index contributed by atoms with van der Waals surface area (Å²) in [6.45, 7) is 1.39. The summed E-state index contributed by atoms with van der Waals surface area (Å²) in [6, 6.07) is 6.08. The number of nitrogens with one attached hydrogen (secondary N) is 1. The molecule has 1 aromatic heterocycles. The van der Waals surface area contributed by atoms with E-state index in [1.807, 2.05) is 4.57 Å². The average molecular weight is 294 g/mol. The van der Waals surface area contributed by atoms with Gasteiger partial charge in [-0.2, -0.15) is 0 Å². The van der Waals surface area contributed by atoms with Crippen molar-refractivity contribution in [1.29, 1.82) is 0 Å². The molecule has 1 unspecified atom stereocenters. The SMILES string of the molecule is NC(=O)c1c(-c2cccc(F)c2)cn2c1C(Cl)NCC2. The van der Waals surface area contributed by atoms with Crippen LogP contribution in [0.25, 0.3) is 11.1 Å². The van der Waals surface area contributed by atoms with Crippen molar-refractivity contribution in [1.82, 2.24) is 9.88 Å². The number of alkyl halides is 1. The number of aromatic nitrogens is 1. The fourth-order valence-electron chi connectivity index (χ4n) is 2.57. The van der Waals surface area contributed by atoms with E-state index in [4.69, 9.17) is 17.3 Å². The second-order valence-electron chi connectivity index (χ2n) is 4.69. The quantitative estimate of drug-likeness (QED) is 0.659. The summed E-state index contributed by atoms with van der Waals surface area (Å²) in [7, 11) is 0. The summed E-state index contributed by atoms with van der Waals surface area (Å²) in [5, 5.41) is 3.07. The zero-order chi connectivity index (χ0) is 14.3. The molecule has 6 heteroatoms. The molecule has 4 nitrogen and oxygen atoms in total. The van der Waals surface area contributed by atoms with Crippen LogP contribution in [-0.4, -0.2) is 17.0 Å². The van der Waals surface area contributed by atoms with Crippen LogP contribution in [0.3, 0.4) is 0 Å². The third-order valence-corrected chi connectivity index (χ3v) is 3.78. The number of nitrogens with two attached hydrogens (primary N) is 1. The number of carbonyl (C=O) groups excluding carboxylic acids is 1. The van der Waals surface area contributed by atoms with Crippen LogP contribution in [0.5, 0.6) is 0 Å². The van der Waals surface area contributed by atoms with Crippen LogP contribution in [0.2, 0.25) is 0 Å². The zero-order valence-corrected chi connectivity index (χ0v) is 11.3. The Hall–Kier alpha value is -1.85. The highest BCUT2D eigenvalue weighted by molar-refractivity contribution is 6.21. The molecule has 104 valence electrons. The first-order valence-electron chi connectivity index (χ1n) is 6.24. The smallest absolute Gasteiger partial charge is 0.251 e. The first-order valence-corrected chi connectivity index (χ1v) is 6.68. The molecule has 2 heterocycles. The van der Waals surface area contributed by atoms with Crippen LogP contribution >= 0.6 is 11.6 Å². The Morgan fingerprint density at radius 1 is 1.50 bits per heavy atom. The molecule has 3 rings (SSSR count). The van der Waals surface area contributed by atoms with Crippen molar-refractivity contribution in [3.05, 3.63) is 47.5 Å². The first-order chi connectivity index (χ1) is 9.58. The Kier molecular flexibility index (Phi) is 3.23. The van der Waals surface area contributed by atoms with Gasteiger partial charge in [-0.25, -0.2) is 4.39 Å². The van der Waals surface area contributed by atoms with Crippen LogP contribution in [0.15, 0.2) is 30.5 Å². The Balaban J connectivity index is 2.23. The van der Waals surface area contributed by atoms with Gasteiger partial charge in [0.25, 0.3) is 5.91 Å². The molecule has 0 bridgehead atoms. The van der Waals surface area contributed by atoms with Gasteiger partial charge in [-0.3, -0.25) is 10.1 Å². The summed E-state index contributed by atoms with van der Waals surface area (Å²) in [6.07, 6.45) is 1.81. The summed E-state index contributed by atoms with van der Waals surface area (Å²) in [5.41, 5.74) is 7.23. The lowest BCUT2D eigenvalue weighted by molar-refractivity contribution is 0.0999. The fraction of sp³-hybridized carbons (Fsp3) is 0.214. The molecule has 0 saturated carbocycles. The van der Waals surface area contributed by atoms with Crippen LogP contribution in [0.4, 0.5) is 4.39 Å². The van der Waals surface area contributed by atoms with E-state index in [0.717, 1.165) is 0 Å². The molecule has 1 aliphatic rings. The van der Waals surface area contributed by atoms with Crippen LogP contribution in [0, 0.1) is 5.82 Å². The van der Waals surface area contributed by atoms with E-state index in [9.17, 15) is 9.18 Å². The third-order valence-electron chi connectivity index (χ3n) is 3.42.